The van der Waals surface area contributed by atoms with E-state index >= 15 is 0 Å². The lowest BCUT2D eigenvalue weighted by molar-refractivity contribution is -0.275. The van der Waals surface area contributed by atoms with Crippen LogP contribution in [0.15, 0.2) is 12.1 Å². The van der Waals surface area contributed by atoms with E-state index in [9.17, 15) is 18.0 Å². The first-order valence-electron chi connectivity index (χ1n) is 4.62. The van der Waals surface area contributed by atoms with Gasteiger partial charge in [0.05, 0.1) is 12.2 Å². The number of halogens is 4. The van der Waals surface area contributed by atoms with E-state index in [-0.39, 0.29) is 35.1 Å². The van der Waals surface area contributed by atoms with Crippen LogP contribution in [0.2, 0.25) is 5.02 Å². The summed E-state index contributed by atoms with van der Waals surface area (Å²) in [5, 5.41) is -0.0122. The van der Waals surface area contributed by atoms with E-state index in [0.29, 0.717) is 0 Å². The Balaban J connectivity index is 2.48. The van der Waals surface area contributed by atoms with Gasteiger partial charge in [-0.05, 0) is 6.07 Å². The minimum absolute atomic E-state index is 0.0122. The molecule has 2 rings (SSSR count). The second-order valence-electron chi connectivity index (χ2n) is 3.35. The molecule has 0 aromatic heterocycles. The van der Waals surface area contributed by atoms with Gasteiger partial charge in [-0.25, -0.2) is 0 Å². The molecule has 0 unspecified atom stereocenters. The topological polar surface area (TPSA) is 35.5 Å². The zero-order valence-corrected chi connectivity index (χ0v) is 9.06. The van der Waals surface area contributed by atoms with Gasteiger partial charge in [0.2, 0.25) is 0 Å². The summed E-state index contributed by atoms with van der Waals surface area (Å²) in [5.41, 5.74) is 0.0167. The number of carbonyl (C=O) groups is 1. The highest BCUT2D eigenvalue weighted by molar-refractivity contribution is 6.31. The van der Waals surface area contributed by atoms with Gasteiger partial charge < -0.3 is 9.47 Å². The molecule has 7 heteroatoms. The number of alkyl halides is 3. The van der Waals surface area contributed by atoms with E-state index in [0.717, 1.165) is 6.07 Å². The van der Waals surface area contributed by atoms with E-state index in [1.165, 1.54) is 6.07 Å². The van der Waals surface area contributed by atoms with Crippen LogP contribution < -0.4 is 9.47 Å². The first-order chi connectivity index (χ1) is 7.87. The molecule has 3 nitrogen and oxygen atoms in total. The summed E-state index contributed by atoms with van der Waals surface area (Å²) < 4.78 is 45.2. The number of benzene rings is 1. The van der Waals surface area contributed by atoms with Crippen molar-refractivity contribution < 1.29 is 27.4 Å². The Labute approximate surface area is 99.1 Å². The summed E-state index contributed by atoms with van der Waals surface area (Å²) in [5.74, 6) is -1.11. The lowest BCUT2D eigenvalue weighted by atomic mass is 10.0. The van der Waals surface area contributed by atoms with Crippen LogP contribution in [0.25, 0.3) is 0 Å². The van der Waals surface area contributed by atoms with Crippen LogP contribution in [0.5, 0.6) is 11.5 Å². The van der Waals surface area contributed by atoms with Crippen LogP contribution in [-0.4, -0.2) is 18.8 Å². The molecule has 0 N–H and O–H groups in total. The van der Waals surface area contributed by atoms with Crippen LogP contribution in [0.3, 0.4) is 0 Å². The van der Waals surface area contributed by atoms with Gasteiger partial charge in [0.25, 0.3) is 0 Å². The smallest absolute Gasteiger partial charge is 0.488 e. The summed E-state index contributed by atoms with van der Waals surface area (Å²) in [6.07, 6.45) is -4.75. The van der Waals surface area contributed by atoms with Crippen molar-refractivity contribution >= 4 is 17.4 Å². The Bertz CT molecular complexity index is 471. The molecular weight excluding hydrogens is 261 g/mol. The van der Waals surface area contributed by atoms with Gasteiger partial charge in [-0.3, -0.25) is 4.79 Å². The number of rotatable bonds is 1. The van der Waals surface area contributed by atoms with Crippen molar-refractivity contribution in [2.75, 3.05) is 6.61 Å². The van der Waals surface area contributed by atoms with Crippen molar-refractivity contribution in [3.8, 4) is 11.5 Å². The zero-order valence-electron chi connectivity index (χ0n) is 8.31. The van der Waals surface area contributed by atoms with Crippen molar-refractivity contribution in [1.29, 1.82) is 0 Å². The molecule has 1 aromatic rings. The Morgan fingerprint density at radius 3 is 2.71 bits per heavy atom. The molecule has 0 radical (unpaired) electrons. The SMILES string of the molecule is O=C1CCOc2c(OC(F)(F)F)cc(Cl)cc21. The van der Waals surface area contributed by atoms with E-state index in [4.69, 9.17) is 16.3 Å². The Hall–Kier alpha value is -1.43. The molecule has 1 aliphatic heterocycles. The van der Waals surface area contributed by atoms with Crippen molar-refractivity contribution in [2.24, 2.45) is 0 Å². The van der Waals surface area contributed by atoms with Crippen LogP contribution in [-0.2, 0) is 0 Å². The molecule has 1 aromatic carbocycles. The van der Waals surface area contributed by atoms with Crippen LogP contribution in [0.4, 0.5) is 13.2 Å². The fourth-order valence-electron chi connectivity index (χ4n) is 1.51. The van der Waals surface area contributed by atoms with Gasteiger partial charge in [0, 0.05) is 17.5 Å². The number of ketones is 1. The van der Waals surface area contributed by atoms with Gasteiger partial charge in [-0.1, -0.05) is 11.6 Å². The quantitative estimate of drug-likeness (QED) is 0.783. The average Bonchev–Trinajstić information content (AvgIpc) is 2.17. The second-order valence-corrected chi connectivity index (χ2v) is 3.79. The summed E-state index contributed by atoms with van der Waals surface area (Å²) >= 11 is 5.62. The molecule has 0 saturated heterocycles. The van der Waals surface area contributed by atoms with Crippen LogP contribution in [0.1, 0.15) is 16.8 Å². The highest BCUT2D eigenvalue weighted by Gasteiger charge is 2.34. The Morgan fingerprint density at radius 1 is 1.35 bits per heavy atom. The Morgan fingerprint density at radius 2 is 2.06 bits per heavy atom. The third-order valence-electron chi connectivity index (χ3n) is 2.12. The number of carbonyl (C=O) groups excluding carboxylic acids is 1. The fourth-order valence-corrected chi connectivity index (χ4v) is 1.71. The van der Waals surface area contributed by atoms with E-state index in [1.54, 1.807) is 0 Å². The van der Waals surface area contributed by atoms with E-state index in [1.807, 2.05) is 0 Å². The van der Waals surface area contributed by atoms with Crippen molar-refractivity contribution in [3.05, 3.63) is 22.7 Å². The molecule has 17 heavy (non-hydrogen) atoms. The summed E-state index contributed by atoms with van der Waals surface area (Å²) in [7, 11) is 0. The maximum atomic E-state index is 12.1. The highest BCUT2D eigenvalue weighted by atomic mass is 35.5. The maximum absolute atomic E-state index is 12.1. The Kier molecular flexibility index (Phi) is 2.91. The van der Waals surface area contributed by atoms with Gasteiger partial charge in [-0.15, -0.1) is 13.2 Å². The van der Waals surface area contributed by atoms with Gasteiger partial charge in [0.1, 0.15) is 0 Å². The third-order valence-corrected chi connectivity index (χ3v) is 2.34. The van der Waals surface area contributed by atoms with Crippen molar-refractivity contribution in [3.63, 3.8) is 0 Å². The molecule has 0 spiro atoms. The largest absolute Gasteiger partial charge is 0.573 e. The fraction of sp³-hybridized carbons (Fsp3) is 0.300. The van der Waals surface area contributed by atoms with Crippen LogP contribution in [0, 0.1) is 0 Å². The summed E-state index contributed by atoms with van der Waals surface area (Å²) in [6.45, 7) is 0.0294. The predicted octanol–water partition coefficient (Wildman–Crippen LogP) is 3.20. The lowest BCUT2D eigenvalue weighted by Crippen LogP contribution is -2.21. The standard InChI is InChI=1S/C10H6ClF3O3/c11-5-3-6-7(15)1-2-16-9(6)8(4-5)17-10(12,13)14/h3-4H,1-2H2. The van der Waals surface area contributed by atoms with Gasteiger partial charge in [-0.2, -0.15) is 0 Å². The minimum Gasteiger partial charge on any atom is -0.488 e. The zero-order chi connectivity index (χ0) is 12.6. The van der Waals surface area contributed by atoms with Crippen molar-refractivity contribution in [1.82, 2.24) is 0 Å². The first-order valence-corrected chi connectivity index (χ1v) is 5.00. The second kappa shape index (κ2) is 4.10. The lowest BCUT2D eigenvalue weighted by Gasteiger charge is -2.20. The van der Waals surface area contributed by atoms with Crippen molar-refractivity contribution in [2.45, 2.75) is 12.8 Å². The molecule has 0 atom stereocenters. The summed E-state index contributed by atoms with van der Waals surface area (Å²) in [6, 6.07) is 2.23. The van der Waals surface area contributed by atoms with E-state index < -0.39 is 12.1 Å². The molecule has 0 bridgehead atoms. The molecule has 1 heterocycles. The first kappa shape index (κ1) is 12.0. The number of hydrogen-bond donors (Lipinski definition) is 0. The number of hydrogen-bond acceptors (Lipinski definition) is 3. The molecule has 0 amide bonds. The monoisotopic (exact) mass is 266 g/mol. The van der Waals surface area contributed by atoms with Gasteiger partial charge >= 0.3 is 6.36 Å². The molecule has 0 aliphatic carbocycles. The number of Topliss-reactive ketones (excluding diaryl/α,β-unsaturated/α-hetero) is 1. The molecular formula is C10H6ClF3O3. The maximum Gasteiger partial charge on any atom is 0.573 e. The highest BCUT2D eigenvalue weighted by Crippen LogP contribution is 2.40. The minimum atomic E-state index is -4.86. The average molecular weight is 267 g/mol. The molecule has 0 saturated carbocycles. The van der Waals surface area contributed by atoms with Crippen LogP contribution >= 0.6 is 11.6 Å². The number of fused-ring (bicyclic) bond motifs is 1. The normalized spacial score (nSPS) is 15.2. The summed E-state index contributed by atoms with van der Waals surface area (Å²) in [4.78, 5) is 11.5. The van der Waals surface area contributed by atoms with E-state index in [2.05, 4.69) is 4.74 Å². The number of ether oxygens (including phenoxy) is 2. The molecule has 92 valence electrons. The molecule has 0 fully saturated rings. The predicted molar refractivity (Wildman–Crippen MR) is 52.6 cm³/mol. The van der Waals surface area contributed by atoms with Gasteiger partial charge in [0.15, 0.2) is 17.3 Å². The molecule has 1 aliphatic rings. The third kappa shape index (κ3) is 2.63.